The smallest absolute Gasteiger partial charge is 0.172 e. The second-order valence-corrected chi connectivity index (χ2v) is 4.56. The molecule has 0 bridgehead atoms. The van der Waals surface area contributed by atoms with Crippen LogP contribution in [0.3, 0.4) is 0 Å². The summed E-state index contributed by atoms with van der Waals surface area (Å²) in [6.45, 7) is 0. The lowest BCUT2D eigenvalue weighted by molar-refractivity contribution is 1.02. The van der Waals surface area contributed by atoms with Gasteiger partial charge in [-0.2, -0.15) is 0 Å². The van der Waals surface area contributed by atoms with E-state index in [4.69, 9.17) is 5.84 Å². The summed E-state index contributed by atoms with van der Waals surface area (Å²) in [5.41, 5.74) is 4.39. The molecule has 2 aromatic heterocycles. The zero-order chi connectivity index (χ0) is 12.4. The summed E-state index contributed by atoms with van der Waals surface area (Å²) in [5.74, 6) is 5.81. The lowest BCUT2D eigenvalue weighted by atomic mass is 10.3. The number of benzene rings is 1. The number of para-hydroxylation sites is 2. The lowest BCUT2D eigenvalue weighted by Gasteiger charge is -2.00. The second kappa shape index (κ2) is 4.63. The van der Waals surface area contributed by atoms with E-state index in [-0.39, 0.29) is 0 Å². The van der Waals surface area contributed by atoms with Crippen LogP contribution in [0.4, 0.5) is 5.82 Å². The van der Waals surface area contributed by atoms with Crippen molar-refractivity contribution in [1.29, 1.82) is 0 Å². The van der Waals surface area contributed by atoms with E-state index >= 15 is 0 Å². The highest BCUT2D eigenvalue weighted by atomic mass is 32.2. The third-order valence-electron chi connectivity index (χ3n) is 2.33. The minimum Gasteiger partial charge on any atom is -0.333 e. The minimum absolute atomic E-state index is 0.524. The Morgan fingerprint density at radius 1 is 1.17 bits per heavy atom. The predicted molar refractivity (Wildman–Crippen MR) is 70.1 cm³/mol. The molecule has 7 heteroatoms. The van der Waals surface area contributed by atoms with Crippen molar-refractivity contribution in [3.05, 3.63) is 36.7 Å². The van der Waals surface area contributed by atoms with E-state index in [9.17, 15) is 0 Å². The molecule has 1 aromatic carbocycles. The first-order valence-electron chi connectivity index (χ1n) is 5.26. The molecule has 90 valence electrons. The summed E-state index contributed by atoms with van der Waals surface area (Å²) in [7, 11) is 0. The maximum Gasteiger partial charge on any atom is 0.172 e. The number of hydrogen-bond donors (Lipinski definition) is 3. The van der Waals surface area contributed by atoms with Gasteiger partial charge in [0.1, 0.15) is 5.03 Å². The molecule has 0 spiro atoms. The van der Waals surface area contributed by atoms with Crippen LogP contribution in [-0.4, -0.2) is 19.9 Å². The third kappa shape index (κ3) is 2.13. The topological polar surface area (TPSA) is 92.5 Å². The number of nitrogens with one attached hydrogen (secondary N) is 2. The van der Waals surface area contributed by atoms with Crippen LogP contribution in [0.25, 0.3) is 11.0 Å². The van der Waals surface area contributed by atoms with Crippen molar-refractivity contribution in [1.82, 2.24) is 19.9 Å². The molecule has 0 aliphatic carbocycles. The molecule has 0 atom stereocenters. The number of fused-ring (bicyclic) bond motifs is 1. The molecule has 3 rings (SSSR count). The summed E-state index contributed by atoms with van der Waals surface area (Å²) < 4.78 is 0. The van der Waals surface area contributed by atoms with Crippen molar-refractivity contribution in [2.45, 2.75) is 10.2 Å². The van der Waals surface area contributed by atoms with Gasteiger partial charge in [0.05, 0.1) is 23.4 Å². The van der Waals surface area contributed by atoms with Crippen molar-refractivity contribution in [2.75, 3.05) is 5.43 Å². The molecule has 0 radical (unpaired) electrons. The van der Waals surface area contributed by atoms with Gasteiger partial charge in [-0.15, -0.1) is 0 Å². The first kappa shape index (κ1) is 11.0. The van der Waals surface area contributed by atoms with E-state index in [1.54, 1.807) is 12.4 Å². The number of nitrogen functional groups attached to an aromatic ring is 1. The average Bonchev–Trinajstić information content (AvgIpc) is 2.81. The number of rotatable bonds is 3. The first-order valence-corrected chi connectivity index (χ1v) is 6.08. The van der Waals surface area contributed by atoms with Crippen LogP contribution < -0.4 is 11.3 Å². The van der Waals surface area contributed by atoms with E-state index in [2.05, 4.69) is 25.4 Å². The highest BCUT2D eigenvalue weighted by Crippen LogP contribution is 2.25. The van der Waals surface area contributed by atoms with Gasteiger partial charge in [0, 0.05) is 0 Å². The Kier molecular flexibility index (Phi) is 2.83. The number of nitrogens with zero attached hydrogens (tertiary/aromatic N) is 3. The highest BCUT2D eigenvalue weighted by molar-refractivity contribution is 7.99. The SMILES string of the molecule is NNc1cncc(Sc2nc3ccccc3[nH]2)n1. The Hall–Kier alpha value is -2.12. The van der Waals surface area contributed by atoms with Crippen LogP contribution in [-0.2, 0) is 0 Å². The Balaban J connectivity index is 1.91. The summed E-state index contributed by atoms with van der Waals surface area (Å²) in [6, 6.07) is 7.86. The fourth-order valence-electron chi connectivity index (χ4n) is 1.54. The van der Waals surface area contributed by atoms with Gasteiger partial charge in [0.15, 0.2) is 11.0 Å². The van der Waals surface area contributed by atoms with Gasteiger partial charge in [-0.25, -0.2) is 15.8 Å². The third-order valence-corrected chi connectivity index (χ3v) is 3.12. The Morgan fingerprint density at radius 2 is 2.06 bits per heavy atom. The van der Waals surface area contributed by atoms with Crippen LogP contribution in [0.1, 0.15) is 0 Å². The first-order chi connectivity index (χ1) is 8.85. The van der Waals surface area contributed by atoms with E-state index in [0.717, 1.165) is 21.2 Å². The fraction of sp³-hybridized carbons (Fsp3) is 0. The van der Waals surface area contributed by atoms with Crippen molar-refractivity contribution >= 4 is 28.6 Å². The Bertz CT molecular complexity index is 647. The van der Waals surface area contributed by atoms with Crippen molar-refractivity contribution < 1.29 is 0 Å². The van der Waals surface area contributed by atoms with Gasteiger partial charge in [0.2, 0.25) is 0 Å². The average molecular weight is 258 g/mol. The molecule has 0 aliphatic rings. The standard InChI is InChI=1S/C11H10N6S/c12-17-9-5-13-6-10(16-9)18-11-14-7-3-1-2-4-8(7)15-11/h1-6H,12H2,(H,14,15)(H,16,17). The highest BCUT2D eigenvalue weighted by Gasteiger charge is 2.05. The van der Waals surface area contributed by atoms with Gasteiger partial charge in [0.25, 0.3) is 0 Å². The molecule has 0 saturated carbocycles. The maximum absolute atomic E-state index is 5.29. The summed E-state index contributed by atoms with van der Waals surface area (Å²) in [5, 5.41) is 1.50. The fourth-order valence-corrected chi connectivity index (χ4v) is 2.30. The van der Waals surface area contributed by atoms with Crippen LogP contribution >= 0.6 is 11.8 Å². The Morgan fingerprint density at radius 3 is 2.89 bits per heavy atom. The minimum atomic E-state index is 0.524. The number of aromatic amines is 1. The number of anilines is 1. The lowest BCUT2D eigenvalue weighted by Crippen LogP contribution is -2.08. The van der Waals surface area contributed by atoms with E-state index < -0.39 is 0 Å². The summed E-state index contributed by atoms with van der Waals surface area (Å²) in [4.78, 5) is 16.0. The number of hydrazine groups is 1. The van der Waals surface area contributed by atoms with Crippen molar-refractivity contribution in [3.63, 3.8) is 0 Å². The zero-order valence-corrected chi connectivity index (χ0v) is 10.1. The van der Waals surface area contributed by atoms with Crippen molar-refractivity contribution in [3.8, 4) is 0 Å². The van der Waals surface area contributed by atoms with E-state index in [1.165, 1.54) is 11.8 Å². The molecular formula is C11H10N6S. The molecule has 18 heavy (non-hydrogen) atoms. The molecule has 0 fully saturated rings. The zero-order valence-electron chi connectivity index (χ0n) is 9.29. The summed E-state index contributed by atoms with van der Waals surface area (Å²) in [6.07, 6.45) is 3.22. The van der Waals surface area contributed by atoms with Crippen LogP contribution in [0.5, 0.6) is 0 Å². The molecule has 0 unspecified atom stereocenters. The molecule has 4 N–H and O–H groups in total. The molecule has 0 saturated heterocycles. The quantitative estimate of drug-likeness (QED) is 0.490. The van der Waals surface area contributed by atoms with Crippen LogP contribution in [0, 0.1) is 0 Å². The van der Waals surface area contributed by atoms with Gasteiger partial charge in [-0.1, -0.05) is 12.1 Å². The van der Waals surface area contributed by atoms with Crippen LogP contribution in [0.15, 0.2) is 46.8 Å². The van der Waals surface area contributed by atoms with Gasteiger partial charge >= 0.3 is 0 Å². The summed E-state index contributed by atoms with van der Waals surface area (Å²) >= 11 is 1.41. The number of nitrogens with two attached hydrogens (primary N) is 1. The molecule has 6 nitrogen and oxygen atoms in total. The predicted octanol–water partition coefficient (Wildman–Crippen LogP) is 1.79. The number of hydrogen-bond acceptors (Lipinski definition) is 6. The second-order valence-electron chi connectivity index (χ2n) is 3.55. The van der Waals surface area contributed by atoms with Gasteiger partial charge in [-0.3, -0.25) is 4.98 Å². The normalized spacial score (nSPS) is 10.7. The molecule has 3 aromatic rings. The Labute approximate surface area is 107 Å². The number of aromatic nitrogens is 4. The van der Waals surface area contributed by atoms with E-state index in [0.29, 0.717) is 5.82 Å². The van der Waals surface area contributed by atoms with Crippen molar-refractivity contribution in [2.24, 2.45) is 5.84 Å². The number of H-pyrrole nitrogens is 1. The van der Waals surface area contributed by atoms with Gasteiger partial charge in [-0.05, 0) is 23.9 Å². The maximum atomic E-state index is 5.29. The largest absolute Gasteiger partial charge is 0.333 e. The van der Waals surface area contributed by atoms with Gasteiger partial charge < -0.3 is 10.4 Å². The molecule has 2 heterocycles. The molecule has 0 aliphatic heterocycles. The van der Waals surface area contributed by atoms with Crippen LogP contribution in [0.2, 0.25) is 0 Å². The van der Waals surface area contributed by atoms with E-state index in [1.807, 2.05) is 24.3 Å². The molecule has 0 amide bonds. The molecular weight excluding hydrogens is 248 g/mol. The monoisotopic (exact) mass is 258 g/mol. The number of imidazole rings is 1.